The van der Waals surface area contributed by atoms with E-state index in [9.17, 15) is 13.5 Å². The number of nitrogens with zero attached hydrogens (tertiary/aromatic N) is 1. The normalized spacial score (nSPS) is 21.6. The van der Waals surface area contributed by atoms with Gasteiger partial charge >= 0.3 is 0 Å². The summed E-state index contributed by atoms with van der Waals surface area (Å²) in [5, 5.41) is 9.22. The van der Waals surface area contributed by atoms with Crippen molar-refractivity contribution in [1.82, 2.24) is 4.31 Å². The number of ether oxygens (including phenoxy) is 1. The summed E-state index contributed by atoms with van der Waals surface area (Å²) in [6.45, 7) is 1.94. The Balaban J connectivity index is 1.82. The minimum absolute atomic E-state index is 0.189. The molecule has 0 atom stereocenters. The molecule has 0 aliphatic carbocycles. The van der Waals surface area contributed by atoms with Crippen molar-refractivity contribution >= 4 is 10.0 Å². The van der Waals surface area contributed by atoms with Crippen molar-refractivity contribution in [2.45, 2.75) is 31.1 Å². The molecule has 0 spiro atoms. The molecule has 1 aromatic carbocycles. The van der Waals surface area contributed by atoms with Gasteiger partial charge in [-0.1, -0.05) is 6.07 Å². The predicted octanol–water partition coefficient (Wildman–Crippen LogP) is 1.26. The Hall–Kier alpha value is -1.11. The molecule has 1 aromatic rings. The minimum atomic E-state index is -3.27. The van der Waals surface area contributed by atoms with Gasteiger partial charge in [-0.25, -0.2) is 8.42 Å². The topological polar surface area (TPSA) is 66.8 Å². The number of hydrogen-bond acceptors (Lipinski definition) is 4. The maximum atomic E-state index is 12.6. The fraction of sp³-hybridized carbons (Fsp3) is 0.571. The van der Waals surface area contributed by atoms with Crippen molar-refractivity contribution < 1.29 is 18.3 Å². The number of rotatable bonds is 2. The van der Waals surface area contributed by atoms with Gasteiger partial charge in [0.05, 0.1) is 5.25 Å². The monoisotopic (exact) mass is 297 g/mol. The average Bonchev–Trinajstić information content (AvgIpc) is 2.47. The van der Waals surface area contributed by atoms with Crippen LogP contribution in [0, 0.1) is 0 Å². The van der Waals surface area contributed by atoms with Gasteiger partial charge in [0.1, 0.15) is 5.75 Å². The molecule has 1 saturated heterocycles. The summed E-state index contributed by atoms with van der Waals surface area (Å²) >= 11 is 0. The average molecular weight is 297 g/mol. The van der Waals surface area contributed by atoms with Crippen LogP contribution in [0.3, 0.4) is 0 Å². The third-order valence-corrected chi connectivity index (χ3v) is 6.46. The Morgan fingerprint density at radius 2 is 1.95 bits per heavy atom. The maximum absolute atomic E-state index is 12.6. The lowest BCUT2D eigenvalue weighted by Crippen LogP contribution is -2.43. The molecule has 3 rings (SSSR count). The van der Waals surface area contributed by atoms with Crippen molar-refractivity contribution in [1.29, 1.82) is 0 Å². The SMILES string of the molecule is O=S(=O)(C1CCOCC1)N1CCc2ccc(O)cc2C1. The molecule has 0 aromatic heterocycles. The molecule has 110 valence electrons. The van der Waals surface area contributed by atoms with Gasteiger partial charge in [0, 0.05) is 26.3 Å². The van der Waals surface area contributed by atoms with E-state index >= 15 is 0 Å². The Morgan fingerprint density at radius 3 is 2.70 bits per heavy atom. The number of phenols is 1. The molecule has 1 N–H and O–H groups in total. The van der Waals surface area contributed by atoms with Crippen LogP contribution < -0.4 is 0 Å². The second-order valence-electron chi connectivity index (χ2n) is 5.39. The predicted molar refractivity (Wildman–Crippen MR) is 75.0 cm³/mol. The van der Waals surface area contributed by atoms with Gasteiger partial charge < -0.3 is 9.84 Å². The van der Waals surface area contributed by atoms with Crippen LogP contribution in [0.5, 0.6) is 5.75 Å². The number of phenolic OH excluding ortho intramolecular Hbond substituents is 1. The number of sulfonamides is 1. The molecule has 0 bridgehead atoms. The van der Waals surface area contributed by atoms with Gasteiger partial charge in [-0.2, -0.15) is 4.31 Å². The summed E-state index contributed by atoms with van der Waals surface area (Å²) in [6.07, 6.45) is 1.86. The zero-order valence-corrected chi connectivity index (χ0v) is 12.1. The molecule has 0 unspecified atom stereocenters. The first-order chi connectivity index (χ1) is 9.57. The Labute approximate surface area is 119 Å². The second kappa shape index (κ2) is 5.35. The van der Waals surface area contributed by atoms with E-state index in [1.165, 1.54) is 0 Å². The van der Waals surface area contributed by atoms with Crippen LogP contribution in [-0.4, -0.2) is 42.8 Å². The van der Waals surface area contributed by atoms with Crippen molar-refractivity contribution in [3.8, 4) is 5.75 Å². The zero-order chi connectivity index (χ0) is 14.2. The van der Waals surface area contributed by atoms with E-state index < -0.39 is 10.0 Å². The molecule has 2 aliphatic rings. The quantitative estimate of drug-likeness (QED) is 0.892. The minimum Gasteiger partial charge on any atom is -0.508 e. The molecule has 20 heavy (non-hydrogen) atoms. The number of fused-ring (bicyclic) bond motifs is 1. The lowest BCUT2D eigenvalue weighted by molar-refractivity contribution is 0.0971. The van der Waals surface area contributed by atoms with Crippen LogP contribution in [0.25, 0.3) is 0 Å². The van der Waals surface area contributed by atoms with Crippen molar-refractivity contribution in [2.75, 3.05) is 19.8 Å². The van der Waals surface area contributed by atoms with Gasteiger partial charge in [-0.15, -0.1) is 0 Å². The van der Waals surface area contributed by atoms with E-state index in [0.29, 0.717) is 45.6 Å². The highest BCUT2D eigenvalue weighted by atomic mass is 32.2. The number of benzene rings is 1. The molecular formula is C14H19NO4S. The first-order valence-corrected chi connectivity index (χ1v) is 8.45. The first kappa shape index (κ1) is 13.9. The van der Waals surface area contributed by atoms with Crippen molar-refractivity contribution in [3.63, 3.8) is 0 Å². The highest BCUT2D eigenvalue weighted by Crippen LogP contribution is 2.28. The molecule has 2 heterocycles. The first-order valence-electron chi connectivity index (χ1n) is 6.95. The van der Waals surface area contributed by atoms with Crippen molar-refractivity contribution in [3.05, 3.63) is 29.3 Å². The summed E-state index contributed by atoms with van der Waals surface area (Å²) in [5.41, 5.74) is 2.04. The largest absolute Gasteiger partial charge is 0.508 e. The Kier molecular flexibility index (Phi) is 3.70. The van der Waals surface area contributed by atoms with Gasteiger partial charge in [0.25, 0.3) is 0 Å². The fourth-order valence-electron chi connectivity index (χ4n) is 2.92. The Bertz CT molecular complexity index is 593. The molecule has 0 saturated carbocycles. The number of hydrogen-bond donors (Lipinski definition) is 1. The standard InChI is InChI=1S/C14H19NO4S/c16-13-2-1-11-3-6-15(10-12(11)9-13)20(17,18)14-4-7-19-8-5-14/h1-2,9,14,16H,3-8,10H2. The molecule has 6 heteroatoms. The van der Waals surface area contributed by atoms with Crippen LogP contribution in [0.15, 0.2) is 18.2 Å². The van der Waals surface area contributed by atoms with Gasteiger partial charge in [-0.3, -0.25) is 0 Å². The molecule has 1 fully saturated rings. The maximum Gasteiger partial charge on any atom is 0.217 e. The van der Waals surface area contributed by atoms with E-state index in [1.807, 2.05) is 6.07 Å². The highest BCUT2D eigenvalue weighted by molar-refractivity contribution is 7.89. The van der Waals surface area contributed by atoms with Crippen molar-refractivity contribution in [2.24, 2.45) is 0 Å². The summed E-state index contributed by atoms with van der Waals surface area (Å²) in [4.78, 5) is 0. The van der Waals surface area contributed by atoms with Gasteiger partial charge in [-0.05, 0) is 42.5 Å². The van der Waals surface area contributed by atoms with Crippen LogP contribution in [0.4, 0.5) is 0 Å². The summed E-state index contributed by atoms with van der Waals surface area (Å²) in [6, 6.07) is 5.20. The van der Waals surface area contributed by atoms with E-state index in [1.54, 1.807) is 16.4 Å². The van der Waals surface area contributed by atoms with Crippen LogP contribution in [0.2, 0.25) is 0 Å². The van der Waals surface area contributed by atoms with E-state index in [0.717, 1.165) is 11.1 Å². The fourth-order valence-corrected chi connectivity index (χ4v) is 4.79. The molecule has 0 amide bonds. The van der Waals surface area contributed by atoms with E-state index in [-0.39, 0.29) is 11.0 Å². The lowest BCUT2D eigenvalue weighted by Gasteiger charge is -2.32. The summed E-state index contributed by atoms with van der Waals surface area (Å²) in [7, 11) is -3.27. The third kappa shape index (κ3) is 2.55. The molecule has 0 radical (unpaired) electrons. The van der Waals surface area contributed by atoms with E-state index in [2.05, 4.69) is 0 Å². The Morgan fingerprint density at radius 1 is 1.20 bits per heavy atom. The zero-order valence-electron chi connectivity index (χ0n) is 11.3. The smallest absolute Gasteiger partial charge is 0.217 e. The van der Waals surface area contributed by atoms with Crippen LogP contribution in [-0.2, 0) is 27.7 Å². The summed E-state index contributed by atoms with van der Waals surface area (Å²) < 4.78 is 32.1. The molecular weight excluding hydrogens is 278 g/mol. The highest BCUT2D eigenvalue weighted by Gasteiger charge is 2.35. The van der Waals surface area contributed by atoms with E-state index in [4.69, 9.17) is 4.74 Å². The molecule has 5 nitrogen and oxygen atoms in total. The van der Waals surface area contributed by atoms with Gasteiger partial charge in [0.2, 0.25) is 10.0 Å². The van der Waals surface area contributed by atoms with Crippen LogP contribution in [0.1, 0.15) is 24.0 Å². The van der Waals surface area contributed by atoms with Gasteiger partial charge in [0.15, 0.2) is 0 Å². The molecule has 2 aliphatic heterocycles. The third-order valence-electron chi connectivity index (χ3n) is 4.12. The summed E-state index contributed by atoms with van der Waals surface area (Å²) in [5.74, 6) is 0.189. The lowest BCUT2D eigenvalue weighted by atomic mass is 10.0. The van der Waals surface area contributed by atoms with Crippen LogP contribution >= 0.6 is 0 Å². The second-order valence-corrected chi connectivity index (χ2v) is 7.61. The number of aromatic hydroxyl groups is 1.